The molecule has 5 nitrogen and oxygen atoms in total. The Labute approximate surface area is 114 Å². The topological polar surface area (TPSA) is 75.4 Å². The number of para-hydroxylation sites is 1. The number of sulfonamides is 1. The van der Waals surface area contributed by atoms with Crippen molar-refractivity contribution in [1.82, 2.24) is 4.90 Å². The van der Waals surface area contributed by atoms with Crippen LogP contribution in [0.5, 0.6) is 0 Å². The summed E-state index contributed by atoms with van der Waals surface area (Å²) in [6.45, 7) is 5.06. The minimum absolute atomic E-state index is 0.163. The number of hydrogen-bond acceptors (Lipinski definition) is 4. The van der Waals surface area contributed by atoms with Crippen molar-refractivity contribution in [2.24, 2.45) is 5.14 Å². The van der Waals surface area contributed by atoms with Gasteiger partial charge in [-0.25, -0.2) is 13.6 Å². The Balaban J connectivity index is 2.08. The molecule has 3 N–H and O–H groups in total. The summed E-state index contributed by atoms with van der Waals surface area (Å²) in [6, 6.07) is 7.25. The molecule has 2 rings (SSSR count). The van der Waals surface area contributed by atoms with Gasteiger partial charge in [0.1, 0.15) is 4.90 Å². The number of primary sulfonamides is 1. The van der Waals surface area contributed by atoms with Crippen molar-refractivity contribution < 1.29 is 8.42 Å². The monoisotopic (exact) mass is 283 g/mol. The molecule has 1 saturated heterocycles. The lowest BCUT2D eigenvalue weighted by molar-refractivity contribution is 0.277. The quantitative estimate of drug-likeness (QED) is 0.852. The first-order valence-corrected chi connectivity index (χ1v) is 8.16. The van der Waals surface area contributed by atoms with Crippen molar-refractivity contribution in [3.63, 3.8) is 0 Å². The minimum Gasteiger partial charge on any atom is -0.382 e. The minimum atomic E-state index is -3.67. The first-order valence-electron chi connectivity index (χ1n) is 6.62. The Morgan fingerprint density at radius 3 is 2.84 bits per heavy atom. The van der Waals surface area contributed by atoms with Crippen LogP contribution in [-0.2, 0) is 10.0 Å². The molecule has 0 amide bonds. The highest BCUT2D eigenvalue weighted by atomic mass is 32.2. The second kappa shape index (κ2) is 5.90. The Hall–Kier alpha value is -1.11. The Morgan fingerprint density at radius 2 is 2.16 bits per heavy atom. The second-order valence-electron chi connectivity index (χ2n) is 4.85. The molecule has 6 heteroatoms. The molecule has 106 valence electrons. The van der Waals surface area contributed by atoms with Crippen molar-refractivity contribution in [3.8, 4) is 0 Å². The summed E-state index contributed by atoms with van der Waals surface area (Å²) in [5, 5.41) is 8.44. The van der Waals surface area contributed by atoms with Gasteiger partial charge in [-0.15, -0.1) is 0 Å². The third-order valence-corrected chi connectivity index (χ3v) is 4.60. The highest BCUT2D eigenvalue weighted by Crippen LogP contribution is 2.21. The van der Waals surface area contributed by atoms with Gasteiger partial charge in [-0.1, -0.05) is 19.1 Å². The van der Waals surface area contributed by atoms with Crippen molar-refractivity contribution in [3.05, 3.63) is 24.3 Å². The fraction of sp³-hybridized carbons (Fsp3) is 0.538. The zero-order valence-electron chi connectivity index (χ0n) is 11.2. The molecule has 0 aromatic heterocycles. The lowest BCUT2D eigenvalue weighted by atomic mass is 10.2. The summed E-state index contributed by atoms with van der Waals surface area (Å²) in [6.07, 6.45) is 2.36. The first kappa shape index (κ1) is 14.3. The molecular weight excluding hydrogens is 262 g/mol. The van der Waals surface area contributed by atoms with Gasteiger partial charge in [0, 0.05) is 12.6 Å². The van der Waals surface area contributed by atoms with E-state index in [1.165, 1.54) is 12.5 Å². The number of rotatable bonds is 5. The van der Waals surface area contributed by atoms with Crippen LogP contribution in [0.1, 0.15) is 19.8 Å². The van der Waals surface area contributed by atoms with Crippen LogP contribution in [0.2, 0.25) is 0 Å². The zero-order chi connectivity index (χ0) is 13.9. The smallest absolute Gasteiger partial charge is 0.240 e. The number of hydrogen-bond donors (Lipinski definition) is 2. The lowest BCUT2D eigenvalue weighted by Gasteiger charge is -2.23. The summed E-state index contributed by atoms with van der Waals surface area (Å²) in [7, 11) is -3.67. The molecule has 0 saturated carbocycles. The Bertz CT molecular complexity index is 530. The molecule has 0 aliphatic carbocycles. The van der Waals surface area contributed by atoms with Crippen molar-refractivity contribution >= 4 is 15.7 Å². The van der Waals surface area contributed by atoms with Gasteiger partial charge >= 0.3 is 0 Å². The molecule has 1 fully saturated rings. The summed E-state index contributed by atoms with van der Waals surface area (Å²) >= 11 is 0. The van der Waals surface area contributed by atoms with E-state index >= 15 is 0 Å². The van der Waals surface area contributed by atoms with Crippen LogP contribution in [-0.4, -0.2) is 39.0 Å². The maximum atomic E-state index is 11.5. The standard InChI is InChI=1S/C13H21N3O2S/c1-2-16-9-5-6-11(16)10-15-12-7-3-4-8-13(12)19(14,17)18/h3-4,7-8,11,15H,2,5-6,9-10H2,1H3,(H2,14,17,18). The first-order chi connectivity index (χ1) is 9.02. The van der Waals surface area contributed by atoms with E-state index in [-0.39, 0.29) is 4.90 Å². The van der Waals surface area contributed by atoms with Gasteiger partial charge in [-0.05, 0) is 38.1 Å². The summed E-state index contributed by atoms with van der Waals surface area (Å²) in [5.74, 6) is 0. The third-order valence-electron chi connectivity index (χ3n) is 3.63. The normalized spacial score (nSPS) is 20.6. The number of nitrogens with zero attached hydrogens (tertiary/aromatic N) is 1. The summed E-state index contributed by atoms with van der Waals surface area (Å²) in [4.78, 5) is 2.57. The van der Waals surface area contributed by atoms with E-state index in [9.17, 15) is 8.42 Å². The number of nitrogens with two attached hydrogens (primary N) is 1. The van der Waals surface area contributed by atoms with E-state index in [4.69, 9.17) is 5.14 Å². The van der Waals surface area contributed by atoms with Gasteiger partial charge in [0.15, 0.2) is 0 Å². The van der Waals surface area contributed by atoms with Crippen LogP contribution in [0.4, 0.5) is 5.69 Å². The van der Waals surface area contributed by atoms with Crippen LogP contribution in [0.15, 0.2) is 29.2 Å². The number of anilines is 1. The van der Waals surface area contributed by atoms with E-state index < -0.39 is 10.0 Å². The largest absolute Gasteiger partial charge is 0.382 e. The van der Waals surface area contributed by atoms with Crippen LogP contribution in [0.3, 0.4) is 0 Å². The van der Waals surface area contributed by atoms with Crippen LogP contribution in [0, 0.1) is 0 Å². The van der Waals surface area contributed by atoms with Gasteiger partial charge < -0.3 is 5.32 Å². The number of likely N-dealkylation sites (N-methyl/N-ethyl adjacent to an activating group) is 1. The molecule has 1 aliphatic heterocycles. The molecule has 1 aromatic carbocycles. The van der Waals surface area contributed by atoms with Gasteiger partial charge in [0.05, 0.1) is 5.69 Å². The van der Waals surface area contributed by atoms with Crippen LogP contribution < -0.4 is 10.5 Å². The predicted molar refractivity (Wildman–Crippen MR) is 76.6 cm³/mol. The van der Waals surface area contributed by atoms with E-state index in [0.29, 0.717) is 11.7 Å². The lowest BCUT2D eigenvalue weighted by Crippen LogP contribution is -2.34. The average molecular weight is 283 g/mol. The van der Waals surface area contributed by atoms with Crippen molar-refractivity contribution in [1.29, 1.82) is 0 Å². The van der Waals surface area contributed by atoms with Crippen molar-refractivity contribution in [2.45, 2.75) is 30.7 Å². The second-order valence-corrected chi connectivity index (χ2v) is 6.38. The molecule has 1 heterocycles. The SMILES string of the molecule is CCN1CCCC1CNc1ccccc1S(N)(=O)=O. The van der Waals surface area contributed by atoms with Gasteiger partial charge in [-0.3, -0.25) is 4.90 Å². The predicted octanol–water partition coefficient (Wildman–Crippen LogP) is 1.23. The molecular formula is C13H21N3O2S. The number of benzene rings is 1. The Morgan fingerprint density at radius 1 is 1.42 bits per heavy atom. The van der Waals surface area contributed by atoms with Gasteiger partial charge in [-0.2, -0.15) is 0 Å². The number of nitrogens with one attached hydrogen (secondary N) is 1. The maximum Gasteiger partial charge on any atom is 0.240 e. The molecule has 19 heavy (non-hydrogen) atoms. The third kappa shape index (κ3) is 3.46. The maximum absolute atomic E-state index is 11.5. The van der Waals surface area contributed by atoms with E-state index in [0.717, 1.165) is 26.1 Å². The molecule has 1 aromatic rings. The fourth-order valence-electron chi connectivity index (χ4n) is 2.63. The molecule has 0 radical (unpaired) electrons. The van der Waals surface area contributed by atoms with E-state index in [1.54, 1.807) is 12.1 Å². The Kier molecular flexibility index (Phi) is 4.44. The van der Waals surface area contributed by atoms with E-state index in [2.05, 4.69) is 17.1 Å². The summed E-state index contributed by atoms with van der Waals surface area (Å²) < 4.78 is 23.0. The van der Waals surface area contributed by atoms with Crippen molar-refractivity contribution in [2.75, 3.05) is 25.0 Å². The molecule has 1 aliphatic rings. The number of likely N-dealkylation sites (tertiary alicyclic amines) is 1. The summed E-state index contributed by atoms with van der Waals surface area (Å²) in [5.41, 5.74) is 0.591. The average Bonchev–Trinajstić information content (AvgIpc) is 2.83. The molecule has 1 atom stereocenters. The van der Waals surface area contributed by atoms with Crippen LogP contribution in [0.25, 0.3) is 0 Å². The zero-order valence-corrected chi connectivity index (χ0v) is 12.0. The highest BCUT2D eigenvalue weighted by molar-refractivity contribution is 7.89. The van der Waals surface area contributed by atoms with Crippen LogP contribution >= 0.6 is 0 Å². The fourth-order valence-corrected chi connectivity index (χ4v) is 3.35. The molecule has 0 spiro atoms. The van der Waals surface area contributed by atoms with E-state index in [1.807, 2.05) is 6.07 Å². The molecule has 0 bridgehead atoms. The van der Waals surface area contributed by atoms with Gasteiger partial charge in [0.25, 0.3) is 0 Å². The molecule has 1 unspecified atom stereocenters. The highest BCUT2D eigenvalue weighted by Gasteiger charge is 2.23. The van der Waals surface area contributed by atoms with Gasteiger partial charge in [0.2, 0.25) is 10.0 Å².